The second-order valence-corrected chi connectivity index (χ2v) is 10.6. The number of carbonyl (C=O) groups excluding carboxylic acids is 1. The Morgan fingerprint density at radius 2 is 1.70 bits per heavy atom. The molecular formula is C23H26ClF3N2O3S. The lowest BCUT2D eigenvalue weighted by molar-refractivity contribution is -0.137. The Kier molecular flexibility index (Phi) is 7.33. The lowest BCUT2D eigenvalue weighted by Gasteiger charge is -2.30. The number of halogens is 4. The molecule has 0 fully saturated rings. The summed E-state index contributed by atoms with van der Waals surface area (Å²) in [4.78, 5) is 13.0. The molecule has 1 N–H and O–H groups in total. The summed E-state index contributed by atoms with van der Waals surface area (Å²) in [5, 5.41) is 2.23. The first-order chi connectivity index (χ1) is 15.3. The summed E-state index contributed by atoms with van der Waals surface area (Å²) in [6.07, 6.45) is 0.322. The van der Waals surface area contributed by atoms with E-state index >= 15 is 0 Å². The predicted octanol–water partition coefficient (Wildman–Crippen LogP) is 5.27. The number of aryl methyl sites for hydroxylation is 2. The van der Waals surface area contributed by atoms with E-state index in [9.17, 15) is 26.4 Å². The van der Waals surface area contributed by atoms with Crippen LogP contribution in [0.25, 0.3) is 0 Å². The molecule has 0 aromatic heterocycles. The van der Waals surface area contributed by atoms with Gasteiger partial charge in [0.05, 0.1) is 28.6 Å². The van der Waals surface area contributed by atoms with Gasteiger partial charge < -0.3 is 5.32 Å². The van der Waals surface area contributed by atoms with E-state index in [1.54, 1.807) is 6.92 Å². The summed E-state index contributed by atoms with van der Waals surface area (Å²) in [5.74, 6) is -0.630. The highest BCUT2D eigenvalue weighted by Crippen LogP contribution is 2.38. The van der Waals surface area contributed by atoms with Crippen LogP contribution in [0, 0.1) is 0 Å². The number of hydrogen-bond donors (Lipinski definition) is 1. The molecule has 0 heterocycles. The molecule has 0 saturated heterocycles. The lowest BCUT2D eigenvalue weighted by atomic mass is 9.89. The Bertz CT molecular complexity index is 1150. The molecule has 0 radical (unpaired) electrons. The quantitative estimate of drug-likeness (QED) is 0.585. The molecule has 10 heteroatoms. The van der Waals surface area contributed by atoms with Gasteiger partial charge in [0.25, 0.3) is 0 Å². The number of hydrogen-bond acceptors (Lipinski definition) is 3. The normalized spacial score (nSPS) is 16.0. The molecular weight excluding hydrogens is 477 g/mol. The van der Waals surface area contributed by atoms with E-state index in [1.165, 1.54) is 18.1 Å². The number of amides is 1. The molecule has 5 nitrogen and oxygen atoms in total. The second-order valence-electron chi connectivity index (χ2n) is 8.36. The average molecular weight is 503 g/mol. The first-order valence-electron chi connectivity index (χ1n) is 10.6. The number of fused-ring (bicyclic) bond motifs is 1. The van der Waals surface area contributed by atoms with Crippen molar-refractivity contribution in [1.29, 1.82) is 0 Å². The van der Waals surface area contributed by atoms with E-state index in [-0.39, 0.29) is 5.69 Å². The third kappa shape index (κ3) is 5.81. The van der Waals surface area contributed by atoms with E-state index in [4.69, 9.17) is 11.6 Å². The number of carbonyl (C=O) groups is 1. The van der Waals surface area contributed by atoms with Crippen LogP contribution in [-0.2, 0) is 33.8 Å². The Hall–Kier alpha value is -2.26. The van der Waals surface area contributed by atoms with Gasteiger partial charge in [-0.3, -0.25) is 9.10 Å². The van der Waals surface area contributed by atoms with Crippen molar-refractivity contribution in [1.82, 2.24) is 5.32 Å². The van der Waals surface area contributed by atoms with E-state index in [1.807, 2.05) is 18.2 Å². The summed E-state index contributed by atoms with van der Waals surface area (Å²) >= 11 is 5.66. The lowest BCUT2D eigenvalue weighted by Crippen LogP contribution is -2.48. The van der Waals surface area contributed by atoms with Crippen LogP contribution in [0.2, 0.25) is 5.02 Å². The molecule has 0 aliphatic heterocycles. The first kappa shape index (κ1) is 25.4. The van der Waals surface area contributed by atoms with Crippen LogP contribution in [0.3, 0.4) is 0 Å². The molecule has 0 bridgehead atoms. The second kappa shape index (κ2) is 9.54. The predicted molar refractivity (Wildman–Crippen MR) is 123 cm³/mol. The minimum atomic E-state index is -4.78. The fourth-order valence-corrected chi connectivity index (χ4v) is 5.51. The number of alkyl halides is 3. The van der Waals surface area contributed by atoms with Gasteiger partial charge in [0.1, 0.15) is 6.04 Å². The molecule has 0 spiro atoms. The van der Waals surface area contributed by atoms with Gasteiger partial charge in [0, 0.05) is 0 Å². The standard InChI is InChI=1S/C23H26ClF3N2O3S/c1-14(17-9-8-16-6-4-5-7-18(16)12-17)28-22(30)15(2)29(33(3,31)32)19-10-11-21(24)20(13-19)23(25,26)27/h8-15H,4-7H2,1-3H3,(H,28,30)/t14-,15-/m0/s1. The fraction of sp³-hybridized carbons (Fsp3) is 0.435. The monoisotopic (exact) mass is 502 g/mol. The Morgan fingerprint density at radius 3 is 2.30 bits per heavy atom. The van der Waals surface area contributed by atoms with E-state index in [0.717, 1.165) is 49.6 Å². The van der Waals surface area contributed by atoms with Gasteiger partial charge in [-0.2, -0.15) is 13.2 Å². The SMILES string of the molecule is C[C@H](NC(=O)[C@H](C)N(c1ccc(Cl)c(C(F)(F)F)c1)S(C)(=O)=O)c1ccc2c(c1)CCCC2. The molecule has 2 aromatic carbocycles. The van der Waals surface area contributed by atoms with Crippen molar-refractivity contribution >= 4 is 33.2 Å². The fourth-order valence-electron chi connectivity index (χ4n) is 4.12. The minimum absolute atomic E-state index is 0.293. The van der Waals surface area contributed by atoms with Gasteiger partial charge in [0.2, 0.25) is 15.9 Å². The van der Waals surface area contributed by atoms with Crippen LogP contribution in [0.5, 0.6) is 0 Å². The van der Waals surface area contributed by atoms with Crippen LogP contribution in [-0.4, -0.2) is 26.6 Å². The average Bonchev–Trinajstić information content (AvgIpc) is 2.72. The van der Waals surface area contributed by atoms with Crippen molar-refractivity contribution in [2.75, 3.05) is 10.6 Å². The summed E-state index contributed by atoms with van der Waals surface area (Å²) in [5.41, 5.74) is 1.95. The van der Waals surface area contributed by atoms with Gasteiger partial charge in [0.15, 0.2) is 0 Å². The Balaban J connectivity index is 1.86. The summed E-state index contributed by atoms with van der Waals surface area (Å²) in [6, 6.07) is 7.08. The topological polar surface area (TPSA) is 66.5 Å². The molecule has 1 aliphatic carbocycles. The molecule has 33 heavy (non-hydrogen) atoms. The molecule has 1 aliphatic rings. The third-order valence-corrected chi connectivity index (χ3v) is 7.40. The molecule has 0 saturated carbocycles. The van der Waals surface area contributed by atoms with Crippen LogP contribution in [0.1, 0.15) is 55.0 Å². The van der Waals surface area contributed by atoms with Crippen molar-refractivity contribution in [3.8, 4) is 0 Å². The summed E-state index contributed by atoms with van der Waals surface area (Å²) < 4.78 is 65.5. The van der Waals surface area contributed by atoms with Crippen molar-refractivity contribution in [2.24, 2.45) is 0 Å². The zero-order valence-corrected chi connectivity index (χ0v) is 20.1. The smallest absolute Gasteiger partial charge is 0.348 e. The largest absolute Gasteiger partial charge is 0.417 e. The highest BCUT2D eigenvalue weighted by Gasteiger charge is 2.36. The molecule has 2 atom stereocenters. The van der Waals surface area contributed by atoms with E-state index in [2.05, 4.69) is 5.32 Å². The first-order valence-corrected chi connectivity index (χ1v) is 12.8. The van der Waals surface area contributed by atoms with Crippen LogP contribution in [0.15, 0.2) is 36.4 Å². The Morgan fingerprint density at radius 1 is 1.06 bits per heavy atom. The van der Waals surface area contributed by atoms with Crippen molar-refractivity contribution in [3.63, 3.8) is 0 Å². The van der Waals surface area contributed by atoms with E-state index < -0.39 is 44.8 Å². The highest BCUT2D eigenvalue weighted by atomic mass is 35.5. The number of anilines is 1. The van der Waals surface area contributed by atoms with Gasteiger partial charge in [-0.25, -0.2) is 8.42 Å². The third-order valence-electron chi connectivity index (χ3n) is 5.83. The van der Waals surface area contributed by atoms with Gasteiger partial charge >= 0.3 is 6.18 Å². The van der Waals surface area contributed by atoms with Gasteiger partial charge in [-0.1, -0.05) is 29.8 Å². The summed E-state index contributed by atoms with van der Waals surface area (Å²) in [7, 11) is -4.09. The van der Waals surface area contributed by atoms with Crippen LogP contribution < -0.4 is 9.62 Å². The van der Waals surface area contributed by atoms with Gasteiger partial charge in [-0.05, 0) is 74.4 Å². The number of nitrogens with one attached hydrogen (secondary N) is 1. The molecule has 2 aromatic rings. The summed E-state index contributed by atoms with van der Waals surface area (Å²) in [6.45, 7) is 3.11. The number of benzene rings is 2. The maximum Gasteiger partial charge on any atom is 0.417 e. The zero-order chi connectivity index (χ0) is 24.6. The molecule has 0 unspecified atom stereocenters. The highest BCUT2D eigenvalue weighted by molar-refractivity contribution is 7.92. The maximum atomic E-state index is 13.3. The number of sulfonamides is 1. The molecule has 1 amide bonds. The molecule has 180 valence electrons. The van der Waals surface area contributed by atoms with E-state index in [0.29, 0.717) is 10.4 Å². The van der Waals surface area contributed by atoms with Crippen LogP contribution in [0.4, 0.5) is 18.9 Å². The van der Waals surface area contributed by atoms with Crippen molar-refractivity contribution < 1.29 is 26.4 Å². The van der Waals surface area contributed by atoms with Gasteiger partial charge in [-0.15, -0.1) is 0 Å². The van der Waals surface area contributed by atoms with Crippen molar-refractivity contribution in [3.05, 3.63) is 63.7 Å². The maximum absolute atomic E-state index is 13.3. The molecule has 3 rings (SSSR count). The number of nitrogens with zero attached hydrogens (tertiary/aromatic N) is 1. The minimum Gasteiger partial charge on any atom is -0.348 e. The number of rotatable bonds is 6. The Labute approximate surface area is 197 Å². The zero-order valence-electron chi connectivity index (χ0n) is 18.5. The van der Waals surface area contributed by atoms with Crippen LogP contribution >= 0.6 is 11.6 Å². The van der Waals surface area contributed by atoms with Crippen molar-refractivity contribution in [2.45, 2.75) is 57.8 Å².